The molecule has 2 heterocycles. The summed E-state index contributed by atoms with van der Waals surface area (Å²) in [5.41, 5.74) is 1.13. The summed E-state index contributed by atoms with van der Waals surface area (Å²) in [4.78, 5) is 14.9. The number of nitrogens with zero attached hydrogens (tertiary/aromatic N) is 1. The number of amides is 1. The average Bonchev–Trinajstić information content (AvgIpc) is 3.10. The highest BCUT2D eigenvalue weighted by Gasteiger charge is 2.34. The molecule has 1 saturated heterocycles. The molecule has 2 atom stereocenters. The molecule has 1 aromatic heterocycles. The van der Waals surface area contributed by atoms with Crippen LogP contribution >= 0.6 is 11.3 Å². The second-order valence-corrected chi connectivity index (χ2v) is 6.16. The molecule has 0 bridgehead atoms. The summed E-state index contributed by atoms with van der Waals surface area (Å²) in [5.74, 6) is 0.138. The van der Waals surface area contributed by atoms with E-state index in [0.717, 1.165) is 10.4 Å². The number of benzene rings is 1. The highest BCUT2D eigenvalue weighted by Crippen LogP contribution is 2.33. The minimum absolute atomic E-state index is 0.00450. The SMILES string of the molecule is O=C1CC(C(O)c2cccs2)CN1Cc1ccccc1. The Morgan fingerprint density at radius 3 is 2.75 bits per heavy atom. The number of rotatable bonds is 4. The molecule has 104 valence electrons. The zero-order valence-electron chi connectivity index (χ0n) is 11.1. The van der Waals surface area contributed by atoms with E-state index >= 15 is 0 Å². The maximum atomic E-state index is 12.1. The zero-order valence-corrected chi connectivity index (χ0v) is 11.9. The third-order valence-corrected chi connectivity index (χ3v) is 4.68. The van der Waals surface area contributed by atoms with Gasteiger partial charge < -0.3 is 10.0 Å². The summed E-state index contributed by atoms with van der Waals surface area (Å²) < 4.78 is 0. The summed E-state index contributed by atoms with van der Waals surface area (Å²) in [6, 6.07) is 13.8. The Hall–Kier alpha value is -1.65. The van der Waals surface area contributed by atoms with Crippen molar-refractivity contribution in [1.29, 1.82) is 0 Å². The van der Waals surface area contributed by atoms with E-state index < -0.39 is 6.10 Å². The minimum Gasteiger partial charge on any atom is -0.387 e. The van der Waals surface area contributed by atoms with Gasteiger partial charge in [-0.1, -0.05) is 36.4 Å². The van der Waals surface area contributed by atoms with Crippen LogP contribution in [0.4, 0.5) is 0 Å². The van der Waals surface area contributed by atoms with Crippen LogP contribution in [0.3, 0.4) is 0 Å². The van der Waals surface area contributed by atoms with Gasteiger partial charge in [-0.25, -0.2) is 0 Å². The topological polar surface area (TPSA) is 40.5 Å². The summed E-state index contributed by atoms with van der Waals surface area (Å²) >= 11 is 1.54. The Kier molecular flexibility index (Phi) is 3.85. The number of carbonyl (C=O) groups is 1. The van der Waals surface area contributed by atoms with E-state index in [9.17, 15) is 9.90 Å². The van der Waals surface area contributed by atoms with Gasteiger partial charge in [0.2, 0.25) is 5.91 Å². The molecule has 1 N–H and O–H groups in total. The van der Waals surface area contributed by atoms with Crippen molar-refractivity contribution in [1.82, 2.24) is 4.90 Å². The first-order valence-electron chi connectivity index (χ1n) is 6.77. The minimum atomic E-state index is -0.528. The quantitative estimate of drug-likeness (QED) is 0.939. The van der Waals surface area contributed by atoms with Gasteiger partial charge in [0.25, 0.3) is 0 Å². The van der Waals surface area contributed by atoms with Gasteiger partial charge >= 0.3 is 0 Å². The maximum absolute atomic E-state index is 12.1. The number of thiophene rings is 1. The predicted molar refractivity (Wildman–Crippen MR) is 79.2 cm³/mol. The van der Waals surface area contributed by atoms with Crippen molar-refractivity contribution in [3.63, 3.8) is 0 Å². The maximum Gasteiger partial charge on any atom is 0.223 e. The molecule has 1 aliphatic rings. The smallest absolute Gasteiger partial charge is 0.223 e. The highest BCUT2D eigenvalue weighted by atomic mass is 32.1. The molecule has 1 aliphatic heterocycles. The Morgan fingerprint density at radius 2 is 2.05 bits per heavy atom. The Bertz CT molecular complexity index is 567. The molecule has 0 radical (unpaired) electrons. The summed E-state index contributed by atoms with van der Waals surface area (Å²) in [7, 11) is 0. The second-order valence-electron chi connectivity index (χ2n) is 5.18. The summed E-state index contributed by atoms with van der Waals surface area (Å²) in [5, 5.41) is 12.3. The summed E-state index contributed by atoms with van der Waals surface area (Å²) in [6.45, 7) is 1.26. The first-order valence-corrected chi connectivity index (χ1v) is 7.65. The van der Waals surface area contributed by atoms with Crippen LogP contribution in [0.5, 0.6) is 0 Å². The van der Waals surface area contributed by atoms with Gasteiger partial charge in [-0.15, -0.1) is 11.3 Å². The number of aliphatic hydroxyl groups is 1. The third kappa shape index (κ3) is 2.76. The van der Waals surface area contributed by atoms with E-state index in [2.05, 4.69) is 0 Å². The molecular formula is C16H17NO2S. The van der Waals surface area contributed by atoms with E-state index in [-0.39, 0.29) is 11.8 Å². The van der Waals surface area contributed by atoms with Crippen LogP contribution in [0.15, 0.2) is 47.8 Å². The fraction of sp³-hybridized carbons (Fsp3) is 0.312. The van der Waals surface area contributed by atoms with Crippen molar-refractivity contribution >= 4 is 17.2 Å². The van der Waals surface area contributed by atoms with Crippen LogP contribution in [0.1, 0.15) is 23.0 Å². The zero-order chi connectivity index (χ0) is 13.9. The van der Waals surface area contributed by atoms with E-state index in [1.165, 1.54) is 0 Å². The van der Waals surface area contributed by atoms with Crippen LogP contribution in [0, 0.1) is 5.92 Å². The fourth-order valence-corrected chi connectivity index (χ4v) is 3.47. The molecule has 1 fully saturated rings. The van der Waals surface area contributed by atoms with Gasteiger partial charge in [0.1, 0.15) is 0 Å². The van der Waals surface area contributed by atoms with Crippen LogP contribution in [-0.4, -0.2) is 22.5 Å². The van der Waals surface area contributed by atoms with E-state index in [0.29, 0.717) is 19.5 Å². The molecule has 3 rings (SSSR count). The van der Waals surface area contributed by atoms with Crippen LogP contribution in [0.25, 0.3) is 0 Å². The first-order chi connectivity index (χ1) is 9.74. The van der Waals surface area contributed by atoms with Crippen molar-refractivity contribution in [3.8, 4) is 0 Å². The number of likely N-dealkylation sites (tertiary alicyclic amines) is 1. The molecule has 0 saturated carbocycles. The molecule has 1 aromatic carbocycles. The molecule has 3 nitrogen and oxygen atoms in total. The number of aliphatic hydroxyl groups excluding tert-OH is 1. The molecule has 0 aliphatic carbocycles. The molecule has 2 unspecified atom stereocenters. The van der Waals surface area contributed by atoms with Gasteiger partial charge in [0.15, 0.2) is 0 Å². The normalized spacial score (nSPS) is 20.4. The van der Waals surface area contributed by atoms with Gasteiger partial charge in [0.05, 0.1) is 6.10 Å². The van der Waals surface area contributed by atoms with Crippen LogP contribution in [-0.2, 0) is 11.3 Å². The highest BCUT2D eigenvalue weighted by molar-refractivity contribution is 7.10. The lowest BCUT2D eigenvalue weighted by Gasteiger charge is -2.19. The van der Waals surface area contributed by atoms with E-state index in [1.807, 2.05) is 52.7 Å². The fourth-order valence-electron chi connectivity index (χ4n) is 2.66. The molecule has 2 aromatic rings. The van der Waals surface area contributed by atoms with Crippen molar-refractivity contribution < 1.29 is 9.90 Å². The number of hydrogen-bond donors (Lipinski definition) is 1. The monoisotopic (exact) mass is 287 g/mol. The standard InChI is InChI=1S/C16H17NO2S/c18-15-9-13(16(19)14-7-4-8-20-14)11-17(15)10-12-5-2-1-3-6-12/h1-8,13,16,19H,9-11H2. The van der Waals surface area contributed by atoms with Gasteiger partial charge in [0, 0.05) is 30.3 Å². The molecule has 0 spiro atoms. The number of hydrogen-bond acceptors (Lipinski definition) is 3. The largest absolute Gasteiger partial charge is 0.387 e. The number of carbonyl (C=O) groups excluding carboxylic acids is 1. The molecule has 4 heteroatoms. The van der Waals surface area contributed by atoms with Gasteiger partial charge in [-0.3, -0.25) is 4.79 Å². The predicted octanol–water partition coefficient (Wildman–Crippen LogP) is 2.83. The van der Waals surface area contributed by atoms with Crippen LogP contribution < -0.4 is 0 Å². The van der Waals surface area contributed by atoms with Gasteiger partial charge in [-0.05, 0) is 17.0 Å². The van der Waals surface area contributed by atoms with Crippen LogP contribution in [0.2, 0.25) is 0 Å². The lowest BCUT2D eigenvalue weighted by atomic mass is 10.0. The Labute approximate surface area is 122 Å². The Balaban J connectivity index is 1.66. The van der Waals surface area contributed by atoms with Crippen molar-refractivity contribution in [2.45, 2.75) is 19.1 Å². The Morgan fingerprint density at radius 1 is 1.25 bits per heavy atom. The lowest BCUT2D eigenvalue weighted by molar-refractivity contribution is -0.128. The summed E-state index contributed by atoms with van der Waals surface area (Å²) in [6.07, 6.45) is -0.0916. The average molecular weight is 287 g/mol. The van der Waals surface area contributed by atoms with Crippen molar-refractivity contribution in [2.75, 3.05) is 6.54 Å². The van der Waals surface area contributed by atoms with E-state index in [4.69, 9.17) is 0 Å². The van der Waals surface area contributed by atoms with Crippen molar-refractivity contribution in [2.24, 2.45) is 5.92 Å². The van der Waals surface area contributed by atoms with Gasteiger partial charge in [-0.2, -0.15) is 0 Å². The lowest BCUT2D eigenvalue weighted by Crippen LogP contribution is -2.25. The molecular weight excluding hydrogens is 270 g/mol. The molecule has 1 amide bonds. The van der Waals surface area contributed by atoms with Crippen molar-refractivity contribution in [3.05, 3.63) is 58.3 Å². The van der Waals surface area contributed by atoms with E-state index in [1.54, 1.807) is 11.3 Å². The third-order valence-electron chi connectivity index (χ3n) is 3.74. The second kappa shape index (κ2) is 5.77. The first kappa shape index (κ1) is 13.3. The molecule has 20 heavy (non-hydrogen) atoms.